The first-order valence-corrected chi connectivity index (χ1v) is 17.0. The molecule has 3 nitrogen and oxygen atoms in total. The van der Waals surface area contributed by atoms with Crippen LogP contribution in [-0.2, 0) is 8.23 Å². The second-order valence-electron chi connectivity index (χ2n) is 8.33. The standard InChI is InChI=1S/C16H33NO2Si3/c1-14-11-15(17(2)3)13-16(12-14)22(10,18-20(4,5)6)19-21(7,8)9/h11-13H,1-10H3. The second-order valence-corrected chi connectivity index (χ2v) is 20.9. The van der Waals surface area contributed by atoms with Crippen LogP contribution in [0, 0.1) is 6.92 Å². The zero-order valence-corrected chi connectivity index (χ0v) is 19.0. The van der Waals surface area contributed by atoms with Gasteiger partial charge in [-0.3, -0.25) is 0 Å². The zero-order chi connectivity index (χ0) is 17.3. The van der Waals surface area contributed by atoms with E-state index in [1.807, 2.05) is 0 Å². The molecule has 22 heavy (non-hydrogen) atoms. The van der Waals surface area contributed by atoms with Crippen molar-refractivity contribution in [2.75, 3.05) is 19.0 Å². The highest BCUT2D eigenvalue weighted by Crippen LogP contribution is 2.23. The number of hydrogen-bond donors (Lipinski definition) is 0. The fraction of sp³-hybridized carbons (Fsp3) is 0.625. The third kappa shape index (κ3) is 6.00. The van der Waals surface area contributed by atoms with Gasteiger partial charge in [-0.2, -0.15) is 0 Å². The van der Waals surface area contributed by atoms with Crippen LogP contribution in [0.1, 0.15) is 5.56 Å². The summed E-state index contributed by atoms with van der Waals surface area (Å²) < 4.78 is 13.3. The van der Waals surface area contributed by atoms with E-state index in [4.69, 9.17) is 8.23 Å². The maximum atomic E-state index is 6.65. The van der Waals surface area contributed by atoms with Crippen molar-refractivity contribution in [3.63, 3.8) is 0 Å². The quantitative estimate of drug-likeness (QED) is 0.719. The first-order chi connectivity index (χ1) is 9.72. The molecule has 0 aromatic heterocycles. The molecule has 1 rings (SSSR count). The lowest BCUT2D eigenvalue weighted by atomic mass is 10.2. The second kappa shape index (κ2) is 6.60. The van der Waals surface area contributed by atoms with Gasteiger partial charge in [0.1, 0.15) is 0 Å². The van der Waals surface area contributed by atoms with Crippen molar-refractivity contribution in [1.82, 2.24) is 0 Å². The van der Waals surface area contributed by atoms with Crippen LogP contribution in [0.15, 0.2) is 18.2 Å². The maximum Gasteiger partial charge on any atom is 0.348 e. The van der Waals surface area contributed by atoms with Gasteiger partial charge in [-0.25, -0.2) is 0 Å². The minimum absolute atomic E-state index is 1.21. The monoisotopic (exact) mass is 355 g/mol. The molecule has 0 aliphatic carbocycles. The lowest BCUT2D eigenvalue weighted by Crippen LogP contribution is -2.60. The van der Waals surface area contributed by atoms with E-state index in [-0.39, 0.29) is 0 Å². The van der Waals surface area contributed by atoms with E-state index in [0.717, 1.165) is 0 Å². The average molecular weight is 356 g/mol. The van der Waals surface area contributed by atoms with Crippen LogP contribution in [-0.4, -0.2) is 39.3 Å². The number of hydrogen-bond acceptors (Lipinski definition) is 3. The van der Waals surface area contributed by atoms with E-state index < -0.39 is 25.2 Å². The molecule has 1 aromatic rings. The molecule has 0 atom stereocenters. The van der Waals surface area contributed by atoms with Crippen molar-refractivity contribution in [2.45, 2.75) is 52.8 Å². The van der Waals surface area contributed by atoms with E-state index in [1.165, 1.54) is 16.4 Å². The predicted molar refractivity (Wildman–Crippen MR) is 106 cm³/mol. The third-order valence-electron chi connectivity index (χ3n) is 3.10. The van der Waals surface area contributed by atoms with Gasteiger partial charge in [0.2, 0.25) is 0 Å². The van der Waals surface area contributed by atoms with Crippen LogP contribution >= 0.6 is 0 Å². The summed E-state index contributed by atoms with van der Waals surface area (Å²) in [5, 5.41) is 1.25. The van der Waals surface area contributed by atoms with Crippen LogP contribution in [0.5, 0.6) is 0 Å². The van der Waals surface area contributed by atoms with Gasteiger partial charge in [0.05, 0.1) is 0 Å². The normalized spacial score (nSPS) is 13.4. The first-order valence-electron chi connectivity index (χ1n) is 7.92. The summed E-state index contributed by atoms with van der Waals surface area (Å²) in [6.45, 7) is 17.8. The summed E-state index contributed by atoms with van der Waals surface area (Å²) in [6, 6.07) is 6.71. The number of nitrogens with zero attached hydrogens (tertiary/aromatic N) is 1. The summed E-state index contributed by atoms with van der Waals surface area (Å²) in [5.41, 5.74) is 2.48. The molecule has 0 heterocycles. The molecule has 0 aliphatic heterocycles. The molecule has 0 aliphatic rings. The van der Waals surface area contributed by atoms with E-state index >= 15 is 0 Å². The molecule has 6 heteroatoms. The summed E-state index contributed by atoms with van der Waals surface area (Å²) in [7, 11) is -1.63. The summed E-state index contributed by atoms with van der Waals surface area (Å²) >= 11 is 0. The Hall–Kier alpha value is -0.409. The van der Waals surface area contributed by atoms with Gasteiger partial charge in [0, 0.05) is 19.8 Å². The van der Waals surface area contributed by atoms with E-state index in [1.54, 1.807) is 0 Å². The highest BCUT2D eigenvalue weighted by Gasteiger charge is 2.42. The van der Waals surface area contributed by atoms with E-state index in [2.05, 4.69) is 89.9 Å². The minimum atomic E-state index is -2.41. The van der Waals surface area contributed by atoms with Crippen molar-refractivity contribution in [2.24, 2.45) is 0 Å². The van der Waals surface area contributed by atoms with Crippen LogP contribution in [0.2, 0.25) is 45.8 Å². The molecule has 0 saturated heterocycles. The van der Waals surface area contributed by atoms with Crippen LogP contribution < -0.4 is 10.1 Å². The van der Waals surface area contributed by atoms with Gasteiger partial charge >= 0.3 is 8.56 Å². The van der Waals surface area contributed by atoms with Crippen LogP contribution in [0.4, 0.5) is 5.69 Å². The Kier molecular flexibility index (Phi) is 5.90. The fourth-order valence-electron chi connectivity index (χ4n) is 2.59. The van der Waals surface area contributed by atoms with Crippen molar-refractivity contribution < 1.29 is 8.23 Å². The van der Waals surface area contributed by atoms with E-state index in [0.29, 0.717) is 0 Å². The van der Waals surface area contributed by atoms with Crippen molar-refractivity contribution in [3.8, 4) is 0 Å². The van der Waals surface area contributed by atoms with Gasteiger partial charge in [-0.05, 0) is 75.6 Å². The van der Waals surface area contributed by atoms with Gasteiger partial charge < -0.3 is 13.1 Å². The molecule has 0 saturated carbocycles. The Labute approximate surface area is 140 Å². The highest BCUT2D eigenvalue weighted by atomic mass is 28.5. The van der Waals surface area contributed by atoms with Gasteiger partial charge in [0.25, 0.3) is 0 Å². The molecule has 0 spiro atoms. The minimum Gasteiger partial charge on any atom is -0.433 e. The first kappa shape index (κ1) is 19.6. The van der Waals surface area contributed by atoms with Crippen LogP contribution in [0.25, 0.3) is 0 Å². The van der Waals surface area contributed by atoms with Crippen molar-refractivity contribution >= 4 is 36.1 Å². The van der Waals surface area contributed by atoms with E-state index in [9.17, 15) is 0 Å². The Balaban J connectivity index is 3.38. The summed E-state index contributed by atoms with van der Waals surface area (Å²) in [5.74, 6) is 0. The SMILES string of the molecule is Cc1cc(N(C)C)cc([Si](C)(O[Si](C)(C)C)O[Si](C)(C)C)c1. The lowest BCUT2D eigenvalue weighted by Gasteiger charge is -2.39. The number of anilines is 1. The average Bonchev–Trinajstić information content (AvgIpc) is 2.22. The fourth-order valence-corrected chi connectivity index (χ4v) is 14.3. The Morgan fingerprint density at radius 1 is 0.773 bits per heavy atom. The lowest BCUT2D eigenvalue weighted by molar-refractivity contribution is 0.404. The Bertz CT molecular complexity index is 503. The molecule has 0 amide bonds. The predicted octanol–water partition coefficient (Wildman–Crippen LogP) is 4.04. The number of aryl methyl sites for hydroxylation is 1. The molecule has 0 fully saturated rings. The topological polar surface area (TPSA) is 21.7 Å². The third-order valence-corrected chi connectivity index (χ3v) is 12.5. The molecule has 126 valence electrons. The molecule has 0 radical (unpaired) electrons. The smallest absolute Gasteiger partial charge is 0.348 e. The summed E-state index contributed by atoms with van der Waals surface area (Å²) in [4.78, 5) is 2.15. The Morgan fingerprint density at radius 3 is 1.59 bits per heavy atom. The summed E-state index contributed by atoms with van der Waals surface area (Å²) in [6.07, 6.45) is 0. The molecular weight excluding hydrogens is 322 g/mol. The molecule has 0 N–H and O–H groups in total. The zero-order valence-electron chi connectivity index (χ0n) is 16.0. The van der Waals surface area contributed by atoms with Crippen LogP contribution in [0.3, 0.4) is 0 Å². The largest absolute Gasteiger partial charge is 0.433 e. The number of benzene rings is 1. The molecule has 1 aromatic carbocycles. The highest BCUT2D eigenvalue weighted by molar-refractivity contribution is 6.94. The van der Waals surface area contributed by atoms with Crippen molar-refractivity contribution in [1.29, 1.82) is 0 Å². The molecule has 0 unspecified atom stereocenters. The van der Waals surface area contributed by atoms with Gasteiger partial charge in [0.15, 0.2) is 16.6 Å². The maximum absolute atomic E-state index is 6.65. The molecule has 0 bridgehead atoms. The number of rotatable bonds is 6. The van der Waals surface area contributed by atoms with Gasteiger partial charge in [-0.15, -0.1) is 0 Å². The Morgan fingerprint density at radius 2 is 1.23 bits per heavy atom. The van der Waals surface area contributed by atoms with Gasteiger partial charge in [-0.1, -0.05) is 6.07 Å². The van der Waals surface area contributed by atoms with Crippen molar-refractivity contribution in [3.05, 3.63) is 23.8 Å². The molecular formula is C16H33NO2Si3.